The van der Waals surface area contributed by atoms with Gasteiger partial charge in [0.05, 0.1) is 16.3 Å². The second kappa shape index (κ2) is 7.14. The number of rotatable bonds is 6. The van der Waals surface area contributed by atoms with Crippen molar-refractivity contribution in [2.75, 3.05) is 26.0 Å². The second-order valence-electron chi connectivity index (χ2n) is 3.66. The number of carbonyl (C=O) groups excluding carboxylic acids is 1. The molecule has 0 bridgehead atoms. The second-order valence-corrected chi connectivity index (χ2v) is 4.04. The standard InChI is InChI=1S/C12H17ClN2O2/c1-17-8-3-2-7-15-12(16)9-5-4-6-10(14)11(9)13/h4-6H,2-3,7-8,14H2,1H3,(H,15,16). The van der Waals surface area contributed by atoms with Gasteiger partial charge in [-0.25, -0.2) is 0 Å². The van der Waals surface area contributed by atoms with Crippen LogP contribution in [0.5, 0.6) is 0 Å². The number of benzene rings is 1. The molecule has 0 heterocycles. The number of carbonyl (C=O) groups is 1. The predicted molar refractivity (Wildman–Crippen MR) is 69.3 cm³/mol. The predicted octanol–water partition coefficient (Wildman–Crippen LogP) is 2.08. The van der Waals surface area contributed by atoms with Gasteiger partial charge in [0.1, 0.15) is 0 Å². The Kier molecular flexibility index (Phi) is 5.80. The number of hydrogen-bond donors (Lipinski definition) is 2. The maximum absolute atomic E-state index is 11.8. The van der Waals surface area contributed by atoms with Gasteiger partial charge in [0.25, 0.3) is 5.91 Å². The zero-order chi connectivity index (χ0) is 12.7. The molecule has 0 saturated carbocycles. The number of halogens is 1. The molecule has 0 aliphatic rings. The third kappa shape index (κ3) is 4.24. The normalized spacial score (nSPS) is 10.2. The van der Waals surface area contributed by atoms with Crippen molar-refractivity contribution in [1.82, 2.24) is 5.32 Å². The van der Waals surface area contributed by atoms with Crippen LogP contribution in [0.4, 0.5) is 5.69 Å². The molecule has 0 aliphatic carbocycles. The fraction of sp³-hybridized carbons (Fsp3) is 0.417. The van der Waals surface area contributed by atoms with Crippen molar-refractivity contribution in [3.63, 3.8) is 0 Å². The van der Waals surface area contributed by atoms with E-state index in [2.05, 4.69) is 5.32 Å². The highest BCUT2D eigenvalue weighted by molar-refractivity contribution is 6.36. The van der Waals surface area contributed by atoms with Gasteiger partial charge in [0.2, 0.25) is 0 Å². The molecule has 0 fully saturated rings. The first-order valence-corrected chi connectivity index (χ1v) is 5.85. The summed E-state index contributed by atoms with van der Waals surface area (Å²) in [7, 11) is 1.66. The van der Waals surface area contributed by atoms with Crippen molar-refractivity contribution in [1.29, 1.82) is 0 Å². The Morgan fingerprint density at radius 2 is 2.24 bits per heavy atom. The van der Waals surface area contributed by atoms with Gasteiger partial charge in [0, 0.05) is 20.3 Å². The van der Waals surface area contributed by atoms with E-state index in [1.54, 1.807) is 25.3 Å². The van der Waals surface area contributed by atoms with Crippen LogP contribution in [0.1, 0.15) is 23.2 Å². The van der Waals surface area contributed by atoms with E-state index < -0.39 is 0 Å². The molecule has 1 aromatic rings. The Balaban J connectivity index is 2.44. The molecule has 94 valence electrons. The molecule has 0 aliphatic heterocycles. The molecule has 0 unspecified atom stereocenters. The number of nitrogen functional groups attached to an aromatic ring is 1. The maximum atomic E-state index is 11.8. The molecule has 17 heavy (non-hydrogen) atoms. The fourth-order valence-corrected chi connectivity index (χ4v) is 1.61. The van der Waals surface area contributed by atoms with Crippen molar-refractivity contribution >= 4 is 23.2 Å². The molecule has 0 saturated heterocycles. The third-order valence-electron chi connectivity index (χ3n) is 2.33. The molecular weight excluding hydrogens is 240 g/mol. The Labute approximate surface area is 106 Å². The van der Waals surface area contributed by atoms with Gasteiger partial charge in [-0.15, -0.1) is 0 Å². The summed E-state index contributed by atoms with van der Waals surface area (Å²) in [6, 6.07) is 5.03. The highest BCUT2D eigenvalue weighted by Crippen LogP contribution is 2.22. The minimum absolute atomic E-state index is 0.195. The topological polar surface area (TPSA) is 64.3 Å². The number of hydrogen-bond acceptors (Lipinski definition) is 3. The summed E-state index contributed by atoms with van der Waals surface area (Å²) in [4.78, 5) is 11.8. The van der Waals surface area contributed by atoms with Crippen LogP contribution in [0.2, 0.25) is 5.02 Å². The molecule has 5 heteroatoms. The third-order valence-corrected chi connectivity index (χ3v) is 2.76. The van der Waals surface area contributed by atoms with Crippen LogP contribution in [0.3, 0.4) is 0 Å². The Bertz CT molecular complexity index is 383. The van der Waals surface area contributed by atoms with E-state index in [1.165, 1.54) is 0 Å². The molecule has 0 spiro atoms. The minimum Gasteiger partial charge on any atom is -0.398 e. The van der Waals surface area contributed by atoms with Crippen LogP contribution in [0.15, 0.2) is 18.2 Å². The quantitative estimate of drug-likeness (QED) is 0.605. The van der Waals surface area contributed by atoms with E-state index in [0.29, 0.717) is 29.4 Å². The number of unbranched alkanes of at least 4 members (excludes halogenated alkanes) is 1. The van der Waals surface area contributed by atoms with E-state index in [-0.39, 0.29) is 5.91 Å². The summed E-state index contributed by atoms with van der Waals surface area (Å²) in [5, 5.41) is 3.10. The first kappa shape index (κ1) is 13.8. The number of anilines is 1. The number of amides is 1. The molecule has 0 aromatic heterocycles. The largest absolute Gasteiger partial charge is 0.398 e. The van der Waals surface area contributed by atoms with E-state index in [0.717, 1.165) is 12.8 Å². The van der Waals surface area contributed by atoms with Crippen LogP contribution in [-0.4, -0.2) is 26.2 Å². The van der Waals surface area contributed by atoms with Crippen molar-refractivity contribution in [2.24, 2.45) is 0 Å². The lowest BCUT2D eigenvalue weighted by Gasteiger charge is -2.07. The van der Waals surface area contributed by atoms with Gasteiger partial charge in [0.15, 0.2) is 0 Å². The lowest BCUT2D eigenvalue weighted by atomic mass is 10.2. The van der Waals surface area contributed by atoms with Crippen molar-refractivity contribution in [3.8, 4) is 0 Å². The van der Waals surface area contributed by atoms with Gasteiger partial charge in [-0.05, 0) is 25.0 Å². The molecule has 1 rings (SSSR count). The molecule has 3 N–H and O–H groups in total. The lowest BCUT2D eigenvalue weighted by molar-refractivity contribution is 0.0951. The molecule has 4 nitrogen and oxygen atoms in total. The number of nitrogens with one attached hydrogen (secondary N) is 1. The SMILES string of the molecule is COCCCCNC(=O)c1cccc(N)c1Cl. The van der Waals surface area contributed by atoms with Gasteiger partial charge in [-0.2, -0.15) is 0 Å². The van der Waals surface area contributed by atoms with Crippen molar-refractivity contribution in [3.05, 3.63) is 28.8 Å². The highest BCUT2D eigenvalue weighted by atomic mass is 35.5. The van der Waals surface area contributed by atoms with E-state index in [1.807, 2.05) is 0 Å². The summed E-state index contributed by atoms with van der Waals surface area (Å²) in [5.41, 5.74) is 6.45. The summed E-state index contributed by atoms with van der Waals surface area (Å²) in [5.74, 6) is -0.195. The van der Waals surface area contributed by atoms with Crippen LogP contribution < -0.4 is 11.1 Å². The first-order valence-electron chi connectivity index (χ1n) is 5.48. The summed E-state index contributed by atoms with van der Waals surface area (Å²) in [6.45, 7) is 1.31. The van der Waals surface area contributed by atoms with Crippen molar-refractivity contribution in [2.45, 2.75) is 12.8 Å². The van der Waals surface area contributed by atoms with E-state index >= 15 is 0 Å². The van der Waals surface area contributed by atoms with E-state index in [4.69, 9.17) is 22.1 Å². The van der Waals surface area contributed by atoms with Gasteiger partial charge < -0.3 is 15.8 Å². The minimum atomic E-state index is -0.195. The smallest absolute Gasteiger partial charge is 0.252 e. The lowest BCUT2D eigenvalue weighted by Crippen LogP contribution is -2.25. The van der Waals surface area contributed by atoms with Gasteiger partial charge in [-0.1, -0.05) is 17.7 Å². The Morgan fingerprint density at radius 1 is 1.47 bits per heavy atom. The fourth-order valence-electron chi connectivity index (χ4n) is 1.39. The van der Waals surface area contributed by atoms with E-state index in [9.17, 15) is 4.79 Å². The summed E-state index contributed by atoms with van der Waals surface area (Å²) in [6.07, 6.45) is 1.79. The number of nitrogens with two attached hydrogens (primary N) is 1. The average Bonchev–Trinajstić information content (AvgIpc) is 2.32. The van der Waals surface area contributed by atoms with Gasteiger partial charge >= 0.3 is 0 Å². The molecular formula is C12H17ClN2O2. The van der Waals surface area contributed by atoms with Crippen LogP contribution in [-0.2, 0) is 4.74 Å². The summed E-state index contributed by atoms with van der Waals surface area (Å²) < 4.78 is 4.92. The van der Waals surface area contributed by atoms with Gasteiger partial charge in [-0.3, -0.25) is 4.79 Å². The number of ether oxygens (including phenoxy) is 1. The maximum Gasteiger partial charge on any atom is 0.252 e. The Hall–Kier alpha value is -1.26. The van der Waals surface area contributed by atoms with Crippen LogP contribution >= 0.6 is 11.6 Å². The highest BCUT2D eigenvalue weighted by Gasteiger charge is 2.10. The molecule has 1 amide bonds. The zero-order valence-electron chi connectivity index (χ0n) is 9.83. The zero-order valence-corrected chi connectivity index (χ0v) is 10.6. The first-order chi connectivity index (χ1) is 8.16. The Morgan fingerprint density at radius 3 is 2.94 bits per heavy atom. The van der Waals surface area contributed by atoms with Crippen LogP contribution in [0.25, 0.3) is 0 Å². The monoisotopic (exact) mass is 256 g/mol. The molecule has 0 radical (unpaired) electrons. The number of methoxy groups -OCH3 is 1. The average molecular weight is 257 g/mol. The molecule has 0 atom stereocenters. The summed E-state index contributed by atoms with van der Waals surface area (Å²) >= 11 is 5.94. The molecule has 1 aromatic carbocycles. The van der Waals surface area contributed by atoms with Crippen molar-refractivity contribution < 1.29 is 9.53 Å². The van der Waals surface area contributed by atoms with Crippen LogP contribution in [0, 0.1) is 0 Å².